The molecule has 2 saturated heterocycles. The predicted octanol–water partition coefficient (Wildman–Crippen LogP) is -0.569. The first-order valence-electron chi connectivity index (χ1n) is 6.83. The molecule has 0 spiro atoms. The van der Waals surface area contributed by atoms with Gasteiger partial charge in [-0.05, 0) is 39.9 Å². The van der Waals surface area contributed by atoms with Crippen LogP contribution in [-0.4, -0.2) is 67.0 Å². The van der Waals surface area contributed by atoms with E-state index in [1.807, 2.05) is 0 Å². The van der Waals surface area contributed by atoms with Gasteiger partial charge in [0.15, 0.2) is 5.60 Å². The van der Waals surface area contributed by atoms with Crippen molar-refractivity contribution in [3.8, 4) is 0 Å². The molecule has 1 atom stereocenters. The second kappa shape index (κ2) is 5.46. The van der Waals surface area contributed by atoms with Crippen LogP contribution in [0, 0.1) is 5.92 Å². The Hall–Kier alpha value is -1.14. The molecule has 0 aromatic heterocycles. The maximum absolute atomic E-state index is 12.5. The summed E-state index contributed by atoms with van der Waals surface area (Å²) in [5.74, 6) is -0.288. The van der Waals surface area contributed by atoms with Crippen LogP contribution in [0.5, 0.6) is 0 Å². The van der Waals surface area contributed by atoms with E-state index in [0.717, 1.165) is 25.9 Å². The predicted molar refractivity (Wildman–Crippen MR) is 70.4 cm³/mol. The number of carbonyl (C=O) groups is 2. The van der Waals surface area contributed by atoms with E-state index in [-0.39, 0.29) is 18.4 Å². The summed E-state index contributed by atoms with van der Waals surface area (Å²) < 4.78 is 5.44. The number of ether oxygens (including phenoxy) is 1. The summed E-state index contributed by atoms with van der Waals surface area (Å²) in [4.78, 5) is 27.9. The van der Waals surface area contributed by atoms with Crippen molar-refractivity contribution in [1.82, 2.24) is 9.80 Å². The van der Waals surface area contributed by atoms with Crippen LogP contribution in [0.1, 0.15) is 19.8 Å². The van der Waals surface area contributed by atoms with Crippen molar-refractivity contribution in [3.63, 3.8) is 0 Å². The highest BCUT2D eigenvalue weighted by Crippen LogP contribution is 2.23. The van der Waals surface area contributed by atoms with Gasteiger partial charge in [-0.1, -0.05) is 0 Å². The van der Waals surface area contributed by atoms with Crippen LogP contribution in [0.4, 0.5) is 0 Å². The average Bonchev–Trinajstić information content (AvgIpc) is 2.39. The number of piperidine rings is 1. The Labute approximate surface area is 113 Å². The van der Waals surface area contributed by atoms with E-state index in [9.17, 15) is 9.59 Å². The van der Waals surface area contributed by atoms with Crippen LogP contribution < -0.4 is 5.73 Å². The maximum atomic E-state index is 12.5. The molecule has 0 aliphatic carbocycles. The van der Waals surface area contributed by atoms with Gasteiger partial charge in [0, 0.05) is 12.5 Å². The number of rotatable bonds is 2. The van der Waals surface area contributed by atoms with Gasteiger partial charge in [0.2, 0.25) is 5.91 Å². The largest absolute Gasteiger partial charge is 0.367 e. The molecule has 108 valence electrons. The molecular formula is C13H23N3O3. The molecule has 2 aliphatic rings. The molecule has 0 bridgehead atoms. The van der Waals surface area contributed by atoms with E-state index < -0.39 is 11.5 Å². The Kier molecular flexibility index (Phi) is 4.10. The Morgan fingerprint density at radius 3 is 2.47 bits per heavy atom. The lowest BCUT2D eigenvalue weighted by molar-refractivity contribution is -0.163. The number of carbonyl (C=O) groups excluding carboxylic acids is 2. The standard InChI is InChI=1S/C13H23N3O3/c1-13(12(14)18)9-16(7-8-19-13)11(17)10-3-5-15(2)6-4-10/h10H,3-9H2,1-2H3,(H2,14,18). The van der Waals surface area contributed by atoms with Crippen molar-refractivity contribution in [2.45, 2.75) is 25.4 Å². The minimum Gasteiger partial charge on any atom is -0.367 e. The number of nitrogens with zero attached hydrogens (tertiary/aromatic N) is 2. The summed E-state index contributed by atoms with van der Waals surface area (Å²) in [6.07, 6.45) is 1.78. The normalized spacial score (nSPS) is 30.3. The van der Waals surface area contributed by atoms with Gasteiger partial charge in [-0.25, -0.2) is 0 Å². The molecule has 2 rings (SSSR count). The molecule has 0 aromatic carbocycles. The van der Waals surface area contributed by atoms with Crippen LogP contribution in [0.3, 0.4) is 0 Å². The first-order chi connectivity index (χ1) is 8.92. The molecule has 2 amide bonds. The third-order valence-corrected chi connectivity index (χ3v) is 4.18. The highest BCUT2D eigenvalue weighted by Gasteiger charge is 2.40. The second-order valence-corrected chi connectivity index (χ2v) is 5.78. The topological polar surface area (TPSA) is 75.9 Å². The molecular weight excluding hydrogens is 246 g/mol. The zero-order valence-corrected chi connectivity index (χ0v) is 11.7. The first-order valence-corrected chi connectivity index (χ1v) is 6.83. The van der Waals surface area contributed by atoms with E-state index >= 15 is 0 Å². The summed E-state index contributed by atoms with van der Waals surface area (Å²) in [5, 5.41) is 0. The highest BCUT2D eigenvalue weighted by molar-refractivity contribution is 5.85. The van der Waals surface area contributed by atoms with Gasteiger partial charge < -0.3 is 20.3 Å². The SMILES string of the molecule is CN1CCC(C(=O)N2CCOC(C)(C(N)=O)C2)CC1. The highest BCUT2D eigenvalue weighted by atomic mass is 16.5. The third-order valence-electron chi connectivity index (χ3n) is 4.18. The van der Waals surface area contributed by atoms with Gasteiger partial charge in [-0.2, -0.15) is 0 Å². The molecule has 0 aromatic rings. The molecule has 6 nitrogen and oxygen atoms in total. The maximum Gasteiger partial charge on any atom is 0.251 e. The average molecular weight is 269 g/mol. The Balaban J connectivity index is 1.97. The van der Waals surface area contributed by atoms with E-state index in [2.05, 4.69) is 11.9 Å². The molecule has 2 fully saturated rings. The van der Waals surface area contributed by atoms with E-state index in [1.165, 1.54) is 0 Å². The summed E-state index contributed by atoms with van der Waals surface area (Å²) in [6, 6.07) is 0. The Morgan fingerprint density at radius 2 is 1.89 bits per heavy atom. The molecule has 0 radical (unpaired) electrons. The molecule has 6 heteroatoms. The number of amides is 2. The fraction of sp³-hybridized carbons (Fsp3) is 0.846. The van der Waals surface area contributed by atoms with Crippen molar-refractivity contribution in [1.29, 1.82) is 0 Å². The molecule has 2 aliphatic heterocycles. The van der Waals surface area contributed by atoms with Gasteiger partial charge in [-0.3, -0.25) is 9.59 Å². The number of likely N-dealkylation sites (tertiary alicyclic amines) is 1. The lowest BCUT2D eigenvalue weighted by atomic mass is 9.94. The van der Waals surface area contributed by atoms with Gasteiger partial charge in [0.1, 0.15) is 0 Å². The van der Waals surface area contributed by atoms with Crippen molar-refractivity contribution >= 4 is 11.8 Å². The van der Waals surface area contributed by atoms with Crippen molar-refractivity contribution in [3.05, 3.63) is 0 Å². The zero-order chi connectivity index (χ0) is 14.0. The number of hydrogen-bond donors (Lipinski definition) is 1. The van der Waals surface area contributed by atoms with E-state index in [1.54, 1.807) is 11.8 Å². The van der Waals surface area contributed by atoms with Gasteiger partial charge in [-0.15, -0.1) is 0 Å². The molecule has 0 saturated carbocycles. The molecule has 19 heavy (non-hydrogen) atoms. The second-order valence-electron chi connectivity index (χ2n) is 5.78. The molecule has 2 N–H and O–H groups in total. The third kappa shape index (κ3) is 3.06. The minimum atomic E-state index is -1.04. The number of primary amides is 1. The summed E-state index contributed by atoms with van der Waals surface area (Å²) in [6.45, 7) is 4.75. The van der Waals surface area contributed by atoms with Crippen LogP contribution in [0.15, 0.2) is 0 Å². The lowest BCUT2D eigenvalue weighted by Crippen LogP contribution is -2.59. The number of hydrogen-bond acceptors (Lipinski definition) is 4. The van der Waals surface area contributed by atoms with Crippen LogP contribution in [0.2, 0.25) is 0 Å². The fourth-order valence-electron chi connectivity index (χ4n) is 2.72. The van der Waals surface area contributed by atoms with Gasteiger partial charge in [0.25, 0.3) is 5.91 Å². The summed E-state index contributed by atoms with van der Waals surface area (Å²) in [7, 11) is 2.07. The van der Waals surface area contributed by atoms with Crippen molar-refractivity contribution in [2.24, 2.45) is 11.7 Å². The Bertz CT molecular complexity index is 366. The smallest absolute Gasteiger partial charge is 0.251 e. The lowest BCUT2D eigenvalue weighted by Gasteiger charge is -2.40. The zero-order valence-electron chi connectivity index (χ0n) is 11.7. The van der Waals surface area contributed by atoms with Gasteiger partial charge >= 0.3 is 0 Å². The van der Waals surface area contributed by atoms with Crippen LogP contribution in [0.25, 0.3) is 0 Å². The fourth-order valence-corrected chi connectivity index (χ4v) is 2.72. The quantitative estimate of drug-likeness (QED) is 0.728. The number of morpholine rings is 1. The van der Waals surface area contributed by atoms with Crippen molar-refractivity contribution < 1.29 is 14.3 Å². The number of nitrogens with two attached hydrogens (primary N) is 1. The molecule has 1 unspecified atom stereocenters. The summed E-state index contributed by atoms with van der Waals surface area (Å²) in [5.41, 5.74) is 4.31. The summed E-state index contributed by atoms with van der Waals surface area (Å²) >= 11 is 0. The minimum absolute atomic E-state index is 0.0754. The van der Waals surface area contributed by atoms with Crippen LogP contribution >= 0.6 is 0 Å². The monoisotopic (exact) mass is 269 g/mol. The first kappa shape index (κ1) is 14.3. The van der Waals surface area contributed by atoms with Crippen LogP contribution in [-0.2, 0) is 14.3 Å². The van der Waals surface area contributed by atoms with Crippen molar-refractivity contribution in [2.75, 3.05) is 39.8 Å². The molecule has 2 heterocycles. The van der Waals surface area contributed by atoms with E-state index in [4.69, 9.17) is 10.5 Å². The van der Waals surface area contributed by atoms with Gasteiger partial charge in [0.05, 0.1) is 13.2 Å². The van der Waals surface area contributed by atoms with E-state index in [0.29, 0.717) is 13.2 Å². The Morgan fingerprint density at radius 1 is 1.26 bits per heavy atom.